The monoisotopic (exact) mass is 277 g/mol. The van der Waals surface area contributed by atoms with E-state index in [0.29, 0.717) is 30.3 Å². The van der Waals surface area contributed by atoms with E-state index in [4.69, 9.17) is 0 Å². The van der Waals surface area contributed by atoms with Crippen LogP contribution in [0.4, 0.5) is 13.2 Å². The van der Waals surface area contributed by atoms with E-state index >= 15 is 0 Å². The van der Waals surface area contributed by atoms with Crippen molar-refractivity contribution in [2.24, 2.45) is 0 Å². The quantitative estimate of drug-likeness (QED) is 0.890. The summed E-state index contributed by atoms with van der Waals surface area (Å²) < 4.78 is 40.8. The molecule has 0 amide bonds. The Morgan fingerprint density at radius 3 is 2.30 bits per heavy atom. The minimum absolute atomic E-state index is 0.167. The van der Waals surface area contributed by atoms with E-state index in [-0.39, 0.29) is 5.56 Å². The highest BCUT2D eigenvalue weighted by Crippen LogP contribution is 2.30. The Bertz CT molecular complexity index is 612. The molecule has 4 heteroatoms. The molecule has 3 rings (SSSR count). The molecule has 0 bridgehead atoms. The van der Waals surface area contributed by atoms with Crippen LogP contribution in [0, 0.1) is 17.5 Å². The summed E-state index contributed by atoms with van der Waals surface area (Å²) in [6.45, 7) is 0.553. The van der Waals surface area contributed by atoms with Gasteiger partial charge in [0.25, 0.3) is 0 Å². The number of halogens is 3. The first-order valence-corrected chi connectivity index (χ1v) is 6.61. The summed E-state index contributed by atoms with van der Waals surface area (Å²) in [7, 11) is 0. The summed E-state index contributed by atoms with van der Waals surface area (Å²) in [6, 6.07) is 8.96. The third-order valence-electron chi connectivity index (χ3n) is 3.45. The fraction of sp³-hybridized carbons (Fsp3) is 0.250. The van der Waals surface area contributed by atoms with Crippen LogP contribution in [0.2, 0.25) is 0 Å². The normalized spacial score (nSPS) is 14.6. The highest BCUT2D eigenvalue weighted by atomic mass is 19.1. The first kappa shape index (κ1) is 13.2. The summed E-state index contributed by atoms with van der Waals surface area (Å²) in [5, 5.41) is 3.31. The Hall–Kier alpha value is -1.81. The third-order valence-corrected chi connectivity index (χ3v) is 3.45. The van der Waals surface area contributed by atoms with Gasteiger partial charge in [-0.3, -0.25) is 0 Å². The number of hydrogen-bond donors (Lipinski definition) is 1. The summed E-state index contributed by atoms with van der Waals surface area (Å²) in [4.78, 5) is 0. The van der Waals surface area contributed by atoms with Gasteiger partial charge < -0.3 is 5.32 Å². The van der Waals surface area contributed by atoms with Crippen LogP contribution < -0.4 is 5.32 Å². The van der Waals surface area contributed by atoms with Crippen LogP contribution in [0.5, 0.6) is 0 Å². The fourth-order valence-electron chi connectivity index (χ4n) is 2.26. The Balaban J connectivity index is 2.00. The van der Waals surface area contributed by atoms with Crippen molar-refractivity contribution < 1.29 is 13.2 Å². The summed E-state index contributed by atoms with van der Waals surface area (Å²) >= 11 is 0. The van der Waals surface area contributed by atoms with Crippen LogP contribution in [-0.4, -0.2) is 6.04 Å². The summed E-state index contributed by atoms with van der Waals surface area (Å²) in [5.74, 6) is -2.65. The van der Waals surface area contributed by atoms with Crippen molar-refractivity contribution in [3.8, 4) is 11.1 Å². The van der Waals surface area contributed by atoms with Crippen molar-refractivity contribution in [2.45, 2.75) is 25.4 Å². The van der Waals surface area contributed by atoms with Crippen molar-refractivity contribution in [2.75, 3.05) is 0 Å². The highest BCUT2D eigenvalue weighted by molar-refractivity contribution is 5.68. The average Bonchev–Trinajstić information content (AvgIpc) is 3.20. The molecule has 0 aromatic heterocycles. The second-order valence-corrected chi connectivity index (χ2v) is 5.06. The lowest BCUT2D eigenvalue weighted by molar-refractivity contribution is 0.547. The summed E-state index contributed by atoms with van der Waals surface area (Å²) in [6.07, 6.45) is 2.28. The molecular formula is C16H14F3N. The molecule has 1 N–H and O–H groups in total. The molecule has 0 spiro atoms. The molecule has 1 aliphatic carbocycles. The Labute approximate surface area is 115 Å². The van der Waals surface area contributed by atoms with Gasteiger partial charge in [0.2, 0.25) is 0 Å². The lowest BCUT2D eigenvalue weighted by Crippen LogP contribution is -2.16. The smallest absolute Gasteiger partial charge is 0.136 e. The summed E-state index contributed by atoms with van der Waals surface area (Å²) in [5.41, 5.74) is 1.11. The van der Waals surface area contributed by atoms with E-state index in [1.165, 1.54) is 0 Å². The Kier molecular flexibility index (Phi) is 3.49. The molecule has 1 saturated carbocycles. The van der Waals surface area contributed by atoms with E-state index in [1.807, 2.05) is 12.1 Å². The van der Waals surface area contributed by atoms with Crippen LogP contribution >= 0.6 is 0 Å². The van der Waals surface area contributed by atoms with Crippen LogP contribution in [0.25, 0.3) is 11.1 Å². The zero-order chi connectivity index (χ0) is 14.1. The van der Waals surface area contributed by atoms with Crippen molar-refractivity contribution in [3.05, 3.63) is 59.4 Å². The maximum Gasteiger partial charge on any atom is 0.136 e. The molecule has 2 aromatic rings. The molecule has 1 nitrogen and oxygen atoms in total. The molecule has 104 valence electrons. The first-order chi connectivity index (χ1) is 9.65. The molecule has 2 aromatic carbocycles. The molecule has 0 radical (unpaired) electrons. The van der Waals surface area contributed by atoms with Crippen LogP contribution in [0.1, 0.15) is 18.4 Å². The topological polar surface area (TPSA) is 12.0 Å². The zero-order valence-corrected chi connectivity index (χ0v) is 10.8. The average molecular weight is 277 g/mol. The predicted octanol–water partition coefficient (Wildman–Crippen LogP) is 4.02. The van der Waals surface area contributed by atoms with Gasteiger partial charge in [0.1, 0.15) is 17.5 Å². The maximum absolute atomic E-state index is 13.9. The predicted molar refractivity (Wildman–Crippen MR) is 71.6 cm³/mol. The van der Waals surface area contributed by atoms with Crippen LogP contribution in [0.15, 0.2) is 36.4 Å². The Morgan fingerprint density at radius 1 is 1.00 bits per heavy atom. The van der Waals surface area contributed by atoms with Crippen LogP contribution in [-0.2, 0) is 6.54 Å². The van der Waals surface area contributed by atoms with E-state index in [1.54, 1.807) is 12.1 Å². The van der Waals surface area contributed by atoms with E-state index in [9.17, 15) is 13.2 Å². The van der Waals surface area contributed by atoms with Gasteiger partial charge in [-0.25, -0.2) is 13.2 Å². The minimum Gasteiger partial charge on any atom is -0.310 e. The molecule has 0 saturated heterocycles. The van der Waals surface area contributed by atoms with E-state index in [2.05, 4.69) is 5.32 Å². The third kappa shape index (κ3) is 2.70. The standard InChI is InChI=1S/C16H14F3N/c17-11-7-14(18)16(15(19)8-11)13-4-2-1-3-10(13)9-20-12-5-6-12/h1-4,7-8,12,20H,5-6,9H2. The van der Waals surface area contributed by atoms with Gasteiger partial charge in [-0.2, -0.15) is 0 Å². The van der Waals surface area contributed by atoms with Gasteiger partial charge in [0.15, 0.2) is 0 Å². The lowest BCUT2D eigenvalue weighted by atomic mass is 9.98. The molecule has 20 heavy (non-hydrogen) atoms. The van der Waals surface area contributed by atoms with Crippen molar-refractivity contribution in [1.82, 2.24) is 5.32 Å². The number of benzene rings is 2. The number of nitrogens with one attached hydrogen (secondary N) is 1. The van der Waals surface area contributed by atoms with Gasteiger partial charge in [0, 0.05) is 24.7 Å². The number of rotatable bonds is 4. The number of hydrogen-bond acceptors (Lipinski definition) is 1. The minimum atomic E-state index is -0.905. The molecular weight excluding hydrogens is 263 g/mol. The van der Waals surface area contributed by atoms with Gasteiger partial charge in [-0.15, -0.1) is 0 Å². The van der Waals surface area contributed by atoms with Crippen molar-refractivity contribution >= 4 is 0 Å². The van der Waals surface area contributed by atoms with E-state index in [0.717, 1.165) is 18.4 Å². The van der Waals surface area contributed by atoms with Crippen molar-refractivity contribution in [1.29, 1.82) is 0 Å². The lowest BCUT2D eigenvalue weighted by Gasteiger charge is -2.12. The van der Waals surface area contributed by atoms with Gasteiger partial charge in [0.05, 0.1) is 5.56 Å². The molecule has 1 fully saturated rings. The van der Waals surface area contributed by atoms with Crippen LogP contribution in [0.3, 0.4) is 0 Å². The molecule has 0 unspecified atom stereocenters. The van der Waals surface area contributed by atoms with Gasteiger partial charge in [-0.1, -0.05) is 24.3 Å². The zero-order valence-electron chi connectivity index (χ0n) is 10.8. The second kappa shape index (κ2) is 5.29. The van der Waals surface area contributed by atoms with Gasteiger partial charge >= 0.3 is 0 Å². The highest BCUT2D eigenvalue weighted by Gasteiger charge is 2.21. The molecule has 0 heterocycles. The second-order valence-electron chi connectivity index (χ2n) is 5.06. The Morgan fingerprint density at radius 2 is 1.65 bits per heavy atom. The van der Waals surface area contributed by atoms with E-state index < -0.39 is 17.5 Å². The van der Waals surface area contributed by atoms with Gasteiger partial charge in [-0.05, 0) is 24.0 Å². The fourth-order valence-corrected chi connectivity index (χ4v) is 2.26. The molecule has 0 atom stereocenters. The maximum atomic E-state index is 13.9. The molecule has 0 aliphatic heterocycles. The molecule has 1 aliphatic rings. The van der Waals surface area contributed by atoms with Crippen molar-refractivity contribution in [3.63, 3.8) is 0 Å². The SMILES string of the molecule is Fc1cc(F)c(-c2ccccc2CNC2CC2)c(F)c1. The largest absolute Gasteiger partial charge is 0.310 e. The first-order valence-electron chi connectivity index (χ1n) is 6.61.